The van der Waals surface area contributed by atoms with Gasteiger partial charge in [-0.05, 0) is 42.9 Å². The predicted octanol–water partition coefficient (Wildman–Crippen LogP) is 2.19. The number of aliphatic hydroxyl groups excluding tert-OH is 2. The van der Waals surface area contributed by atoms with E-state index in [0.717, 1.165) is 25.7 Å². The Kier molecular flexibility index (Phi) is 2.63. The topological polar surface area (TPSA) is 40.5 Å². The van der Waals surface area contributed by atoms with Crippen molar-refractivity contribution in [2.75, 3.05) is 6.61 Å². The molecule has 0 aliphatic heterocycles. The van der Waals surface area contributed by atoms with Crippen LogP contribution in [0.15, 0.2) is 0 Å². The van der Waals surface area contributed by atoms with Crippen molar-refractivity contribution in [1.82, 2.24) is 0 Å². The van der Waals surface area contributed by atoms with Crippen molar-refractivity contribution in [1.29, 1.82) is 0 Å². The van der Waals surface area contributed by atoms with Crippen LogP contribution in [-0.2, 0) is 0 Å². The summed E-state index contributed by atoms with van der Waals surface area (Å²) in [6, 6.07) is 0. The molecule has 2 saturated carbocycles. The summed E-state index contributed by atoms with van der Waals surface area (Å²) < 4.78 is 0. The predicted molar refractivity (Wildman–Crippen MR) is 60.4 cm³/mol. The largest absolute Gasteiger partial charge is 0.396 e. The maximum atomic E-state index is 10.3. The maximum absolute atomic E-state index is 10.3. The second kappa shape index (κ2) is 3.46. The highest BCUT2D eigenvalue weighted by Gasteiger charge is 2.62. The molecule has 0 unspecified atom stereocenters. The van der Waals surface area contributed by atoms with Gasteiger partial charge in [0, 0.05) is 5.41 Å². The second-order valence-corrected chi connectivity index (χ2v) is 6.05. The fraction of sp³-hybridized carbons (Fsp3) is 1.00. The third kappa shape index (κ3) is 1.18. The minimum absolute atomic E-state index is 0.138. The first-order chi connectivity index (χ1) is 6.99. The molecule has 2 aliphatic carbocycles. The Morgan fingerprint density at radius 2 is 1.80 bits per heavy atom. The summed E-state index contributed by atoms with van der Waals surface area (Å²) in [5.41, 5.74) is -0.0938. The highest BCUT2D eigenvalue weighted by atomic mass is 16.3. The molecule has 2 heteroatoms. The van der Waals surface area contributed by atoms with E-state index in [1.54, 1.807) is 0 Å². The number of rotatable bonds is 1. The van der Waals surface area contributed by atoms with Crippen molar-refractivity contribution < 1.29 is 10.2 Å². The first kappa shape index (κ1) is 11.4. The molecule has 0 amide bonds. The Bertz CT molecular complexity index is 253. The van der Waals surface area contributed by atoms with E-state index in [4.69, 9.17) is 0 Å². The van der Waals surface area contributed by atoms with Crippen LogP contribution in [0.3, 0.4) is 0 Å². The lowest BCUT2D eigenvalue weighted by Crippen LogP contribution is -2.56. The van der Waals surface area contributed by atoms with Gasteiger partial charge in [-0.2, -0.15) is 0 Å². The normalized spacial score (nSPS) is 55.4. The molecule has 5 atom stereocenters. The maximum Gasteiger partial charge on any atom is 0.0626 e. The molecule has 0 aromatic heterocycles. The van der Waals surface area contributed by atoms with Gasteiger partial charge >= 0.3 is 0 Å². The van der Waals surface area contributed by atoms with Gasteiger partial charge in [0.15, 0.2) is 0 Å². The molecule has 2 nitrogen and oxygen atoms in total. The minimum Gasteiger partial charge on any atom is -0.396 e. The van der Waals surface area contributed by atoms with Crippen molar-refractivity contribution in [3.05, 3.63) is 0 Å². The monoisotopic (exact) mass is 212 g/mol. The Morgan fingerprint density at radius 1 is 1.13 bits per heavy atom. The Labute approximate surface area is 92.7 Å². The van der Waals surface area contributed by atoms with Crippen LogP contribution in [0, 0.1) is 22.7 Å². The smallest absolute Gasteiger partial charge is 0.0626 e. The van der Waals surface area contributed by atoms with E-state index in [1.807, 2.05) is 0 Å². The van der Waals surface area contributed by atoms with Gasteiger partial charge in [0.25, 0.3) is 0 Å². The van der Waals surface area contributed by atoms with Gasteiger partial charge in [-0.15, -0.1) is 0 Å². The first-order valence-corrected chi connectivity index (χ1v) is 6.28. The third-order valence-electron chi connectivity index (χ3n) is 5.86. The minimum atomic E-state index is -0.304. The zero-order chi connectivity index (χ0) is 11.3. The lowest BCUT2D eigenvalue weighted by molar-refractivity contribution is -0.156. The van der Waals surface area contributed by atoms with E-state index in [0.29, 0.717) is 11.8 Å². The summed E-state index contributed by atoms with van der Waals surface area (Å²) in [7, 11) is 0. The van der Waals surface area contributed by atoms with Gasteiger partial charge in [-0.1, -0.05) is 20.8 Å². The fourth-order valence-electron chi connectivity index (χ4n) is 4.41. The van der Waals surface area contributed by atoms with E-state index in [9.17, 15) is 10.2 Å². The average Bonchev–Trinajstić information content (AvgIpc) is 2.49. The van der Waals surface area contributed by atoms with Crippen LogP contribution in [0.25, 0.3) is 0 Å². The van der Waals surface area contributed by atoms with Gasteiger partial charge in [0.1, 0.15) is 0 Å². The molecule has 15 heavy (non-hydrogen) atoms. The molecule has 2 fully saturated rings. The molecule has 2 aliphatic rings. The molecule has 0 aromatic rings. The molecular formula is C13H24O2. The van der Waals surface area contributed by atoms with Crippen LogP contribution in [0.5, 0.6) is 0 Å². The SMILES string of the molecule is C[C@H]1CC[C@]2(C)[C@@H](C)CC[C@H](O)[C@]12CO. The van der Waals surface area contributed by atoms with E-state index in [1.165, 1.54) is 0 Å². The summed E-state index contributed by atoms with van der Waals surface area (Å²) in [5.74, 6) is 1.07. The fourth-order valence-corrected chi connectivity index (χ4v) is 4.41. The van der Waals surface area contributed by atoms with Gasteiger partial charge in [0.2, 0.25) is 0 Å². The van der Waals surface area contributed by atoms with Crippen molar-refractivity contribution in [3.8, 4) is 0 Å². The first-order valence-electron chi connectivity index (χ1n) is 6.28. The quantitative estimate of drug-likeness (QED) is 0.699. The number of fused-ring (bicyclic) bond motifs is 1. The molecular weight excluding hydrogens is 188 g/mol. The van der Waals surface area contributed by atoms with E-state index in [-0.39, 0.29) is 23.5 Å². The van der Waals surface area contributed by atoms with Gasteiger partial charge in [-0.3, -0.25) is 0 Å². The summed E-state index contributed by atoms with van der Waals surface area (Å²) >= 11 is 0. The Balaban J connectivity index is 2.45. The van der Waals surface area contributed by atoms with Crippen molar-refractivity contribution in [2.45, 2.75) is 52.6 Å². The van der Waals surface area contributed by atoms with Gasteiger partial charge in [-0.25, -0.2) is 0 Å². The molecule has 0 heterocycles. The van der Waals surface area contributed by atoms with Gasteiger partial charge in [0.05, 0.1) is 12.7 Å². The lowest BCUT2D eigenvalue weighted by atomic mass is 9.51. The molecule has 88 valence electrons. The van der Waals surface area contributed by atoms with E-state index in [2.05, 4.69) is 20.8 Å². The van der Waals surface area contributed by atoms with Crippen molar-refractivity contribution in [2.24, 2.45) is 22.7 Å². The van der Waals surface area contributed by atoms with Crippen LogP contribution in [0.2, 0.25) is 0 Å². The van der Waals surface area contributed by atoms with Crippen molar-refractivity contribution >= 4 is 0 Å². The zero-order valence-electron chi connectivity index (χ0n) is 10.2. The number of hydrogen-bond donors (Lipinski definition) is 2. The average molecular weight is 212 g/mol. The van der Waals surface area contributed by atoms with Crippen LogP contribution in [-0.4, -0.2) is 22.9 Å². The van der Waals surface area contributed by atoms with Crippen LogP contribution >= 0.6 is 0 Å². The summed E-state index contributed by atoms with van der Waals surface area (Å²) in [6.45, 7) is 6.91. The Hall–Kier alpha value is -0.0800. The summed E-state index contributed by atoms with van der Waals surface area (Å²) in [4.78, 5) is 0. The molecule has 0 radical (unpaired) electrons. The summed E-state index contributed by atoms with van der Waals surface area (Å²) in [6.07, 6.45) is 3.97. The standard InChI is InChI=1S/C13H24O2/c1-9-4-5-11(15)13(8-14)10(2)6-7-12(9,13)3/h9-11,14-15H,4-8H2,1-3H3/t9-,10-,11-,12+,13-/m0/s1. The molecule has 0 aromatic carbocycles. The van der Waals surface area contributed by atoms with Crippen LogP contribution in [0.4, 0.5) is 0 Å². The highest BCUT2D eigenvalue weighted by Crippen LogP contribution is 2.64. The van der Waals surface area contributed by atoms with E-state index >= 15 is 0 Å². The molecule has 0 saturated heterocycles. The molecule has 0 bridgehead atoms. The highest BCUT2D eigenvalue weighted by molar-refractivity contribution is 5.11. The molecule has 2 rings (SSSR count). The van der Waals surface area contributed by atoms with Crippen LogP contribution < -0.4 is 0 Å². The molecule has 2 N–H and O–H groups in total. The zero-order valence-corrected chi connectivity index (χ0v) is 10.2. The van der Waals surface area contributed by atoms with E-state index < -0.39 is 0 Å². The van der Waals surface area contributed by atoms with Crippen molar-refractivity contribution in [3.63, 3.8) is 0 Å². The third-order valence-corrected chi connectivity index (χ3v) is 5.86. The summed E-state index contributed by atoms with van der Waals surface area (Å²) in [5, 5.41) is 20.1. The number of hydrogen-bond acceptors (Lipinski definition) is 2. The lowest BCUT2D eigenvalue weighted by Gasteiger charge is -2.55. The number of aliphatic hydroxyl groups is 2. The van der Waals surface area contributed by atoms with Crippen LogP contribution in [0.1, 0.15) is 46.5 Å². The van der Waals surface area contributed by atoms with Gasteiger partial charge < -0.3 is 10.2 Å². The molecule has 0 spiro atoms. The Morgan fingerprint density at radius 3 is 2.33 bits per heavy atom. The second-order valence-electron chi connectivity index (χ2n) is 6.05.